The van der Waals surface area contributed by atoms with Gasteiger partial charge in [0.1, 0.15) is 5.75 Å². The molecule has 0 aromatic heterocycles. The lowest BCUT2D eigenvalue weighted by Gasteiger charge is -2.09. The van der Waals surface area contributed by atoms with Crippen LogP contribution in [0, 0.1) is 0 Å². The molecule has 0 heterocycles. The summed E-state index contributed by atoms with van der Waals surface area (Å²) in [6, 6.07) is 14.7. The molecule has 21 heavy (non-hydrogen) atoms. The van der Waals surface area contributed by atoms with Crippen LogP contribution in [0.4, 0.5) is 0 Å². The van der Waals surface area contributed by atoms with Crippen molar-refractivity contribution in [3.63, 3.8) is 0 Å². The average Bonchev–Trinajstić information content (AvgIpc) is 2.53. The molecule has 2 aromatic carbocycles. The van der Waals surface area contributed by atoms with Crippen LogP contribution in [-0.4, -0.2) is 6.61 Å². The highest BCUT2D eigenvalue weighted by atomic mass is 16.5. The van der Waals surface area contributed by atoms with Gasteiger partial charge in [0.05, 0.1) is 6.61 Å². The normalized spacial score (nSPS) is 10.9. The predicted molar refractivity (Wildman–Crippen MR) is 92.1 cm³/mol. The van der Waals surface area contributed by atoms with Crippen LogP contribution >= 0.6 is 0 Å². The third kappa shape index (κ3) is 5.41. The SMILES string of the molecule is CCCCCCCCCCOc1cccc2ccccc12. The van der Waals surface area contributed by atoms with Crippen molar-refractivity contribution in [3.05, 3.63) is 42.5 Å². The van der Waals surface area contributed by atoms with E-state index in [1.54, 1.807) is 0 Å². The first-order valence-corrected chi connectivity index (χ1v) is 8.52. The van der Waals surface area contributed by atoms with Crippen molar-refractivity contribution in [3.8, 4) is 5.75 Å². The van der Waals surface area contributed by atoms with E-state index in [-0.39, 0.29) is 0 Å². The lowest BCUT2D eigenvalue weighted by atomic mass is 10.1. The number of fused-ring (bicyclic) bond motifs is 1. The predicted octanol–water partition coefficient (Wildman–Crippen LogP) is 6.36. The third-order valence-electron chi connectivity index (χ3n) is 4.01. The van der Waals surface area contributed by atoms with E-state index in [1.165, 1.54) is 55.7 Å². The summed E-state index contributed by atoms with van der Waals surface area (Å²) in [4.78, 5) is 0. The zero-order chi connectivity index (χ0) is 14.8. The monoisotopic (exact) mass is 284 g/mol. The van der Waals surface area contributed by atoms with Crippen LogP contribution in [-0.2, 0) is 0 Å². The zero-order valence-corrected chi connectivity index (χ0v) is 13.3. The van der Waals surface area contributed by atoms with Gasteiger partial charge < -0.3 is 4.74 Å². The summed E-state index contributed by atoms with van der Waals surface area (Å²) in [5.74, 6) is 1.02. The summed E-state index contributed by atoms with van der Waals surface area (Å²) in [5, 5.41) is 2.48. The summed E-state index contributed by atoms with van der Waals surface area (Å²) >= 11 is 0. The first-order chi connectivity index (χ1) is 10.4. The minimum atomic E-state index is 0.836. The van der Waals surface area contributed by atoms with Crippen LogP contribution in [0.25, 0.3) is 10.8 Å². The van der Waals surface area contributed by atoms with Crippen molar-refractivity contribution < 1.29 is 4.74 Å². The molecule has 0 aliphatic heterocycles. The van der Waals surface area contributed by atoms with E-state index in [2.05, 4.69) is 49.4 Å². The first-order valence-electron chi connectivity index (χ1n) is 8.52. The van der Waals surface area contributed by atoms with Gasteiger partial charge >= 0.3 is 0 Å². The van der Waals surface area contributed by atoms with Crippen LogP contribution in [0.5, 0.6) is 5.75 Å². The highest BCUT2D eigenvalue weighted by Gasteiger charge is 2.00. The topological polar surface area (TPSA) is 9.23 Å². The van der Waals surface area contributed by atoms with Gasteiger partial charge in [-0.1, -0.05) is 88.3 Å². The molecule has 0 atom stereocenters. The molecular formula is C20H28O. The van der Waals surface area contributed by atoms with Crippen molar-refractivity contribution in [2.45, 2.75) is 58.3 Å². The van der Waals surface area contributed by atoms with E-state index < -0.39 is 0 Å². The largest absolute Gasteiger partial charge is 0.493 e. The molecule has 0 amide bonds. The van der Waals surface area contributed by atoms with Crippen molar-refractivity contribution in [1.82, 2.24) is 0 Å². The lowest BCUT2D eigenvalue weighted by Crippen LogP contribution is -1.97. The molecule has 0 spiro atoms. The molecule has 114 valence electrons. The van der Waals surface area contributed by atoms with Crippen LogP contribution in [0.15, 0.2) is 42.5 Å². The van der Waals surface area contributed by atoms with Gasteiger partial charge in [-0.2, -0.15) is 0 Å². The van der Waals surface area contributed by atoms with Gasteiger partial charge in [0.15, 0.2) is 0 Å². The molecule has 1 nitrogen and oxygen atoms in total. The van der Waals surface area contributed by atoms with Crippen molar-refractivity contribution in [1.29, 1.82) is 0 Å². The average molecular weight is 284 g/mol. The molecule has 0 saturated carbocycles. The summed E-state index contributed by atoms with van der Waals surface area (Å²) in [5.41, 5.74) is 0. The second-order valence-corrected chi connectivity index (χ2v) is 5.80. The van der Waals surface area contributed by atoms with Gasteiger partial charge in [0.2, 0.25) is 0 Å². The fourth-order valence-corrected chi connectivity index (χ4v) is 2.74. The number of unbranched alkanes of at least 4 members (excludes halogenated alkanes) is 7. The van der Waals surface area contributed by atoms with E-state index in [0.29, 0.717) is 0 Å². The van der Waals surface area contributed by atoms with Crippen molar-refractivity contribution >= 4 is 10.8 Å². The van der Waals surface area contributed by atoms with Crippen molar-refractivity contribution in [2.24, 2.45) is 0 Å². The van der Waals surface area contributed by atoms with E-state index in [9.17, 15) is 0 Å². The summed E-state index contributed by atoms with van der Waals surface area (Å²) in [7, 11) is 0. The molecule has 0 radical (unpaired) electrons. The molecule has 1 heteroatoms. The Kier molecular flexibility index (Phi) is 7.14. The fourth-order valence-electron chi connectivity index (χ4n) is 2.74. The van der Waals surface area contributed by atoms with E-state index >= 15 is 0 Å². The Hall–Kier alpha value is -1.50. The lowest BCUT2D eigenvalue weighted by molar-refractivity contribution is 0.307. The summed E-state index contributed by atoms with van der Waals surface area (Å²) in [6.07, 6.45) is 10.7. The molecule has 0 N–H and O–H groups in total. The van der Waals surface area contributed by atoms with Gasteiger partial charge in [-0.05, 0) is 17.9 Å². The molecule has 0 aliphatic rings. The van der Waals surface area contributed by atoms with E-state index in [4.69, 9.17) is 4.74 Å². The minimum Gasteiger partial charge on any atom is -0.493 e. The van der Waals surface area contributed by atoms with Gasteiger partial charge in [-0.25, -0.2) is 0 Å². The summed E-state index contributed by atoms with van der Waals surface area (Å²) < 4.78 is 5.96. The molecule has 2 rings (SSSR count). The third-order valence-corrected chi connectivity index (χ3v) is 4.01. The molecule has 0 fully saturated rings. The Morgan fingerprint density at radius 2 is 1.38 bits per heavy atom. The van der Waals surface area contributed by atoms with Crippen LogP contribution < -0.4 is 4.74 Å². The molecule has 0 bridgehead atoms. The standard InChI is InChI=1S/C20H28O/c1-2-3-4-5-6-7-8-11-17-21-20-16-12-14-18-13-9-10-15-19(18)20/h9-10,12-16H,2-8,11,17H2,1H3. The minimum absolute atomic E-state index is 0.836. The summed E-state index contributed by atoms with van der Waals surface area (Å²) in [6.45, 7) is 3.10. The molecule has 0 aliphatic carbocycles. The van der Waals surface area contributed by atoms with E-state index in [1.807, 2.05) is 0 Å². The second-order valence-electron chi connectivity index (χ2n) is 5.80. The molecule has 0 saturated heterocycles. The molecule has 2 aromatic rings. The Morgan fingerprint density at radius 1 is 0.714 bits per heavy atom. The maximum atomic E-state index is 5.96. The van der Waals surface area contributed by atoms with Gasteiger partial charge in [-0.3, -0.25) is 0 Å². The number of hydrogen-bond donors (Lipinski definition) is 0. The zero-order valence-electron chi connectivity index (χ0n) is 13.3. The number of ether oxygens (including phenoxy) is 1. The fraction of sp³-hybridized carbons (Fsp3) is 0.500. The van der Waals surface area contributed by atoms with Crippen LogP contribution in [0.1, 0.15) is 58.3 Å². The maximum absolute atomic E-state index is 5.96. The van der Waals surface area contributed by atoms with Crippen LogP contribution in [0.2, 0.25) is 0 Å². The Balaban J connectivity index is 1.64. The first kappa shape index (κ1) is 15.9. The number of rotatable bonds is 10. The molecular weight excluding hydrogens is 256 g/mol. The van der Waals surface area contributed by atoms with Crippen LogP contribution in [0.3, 0.4) is 0 Å². The Bertz CT molecular complexity index is 513. The highest BCUT2D eigenvalue weighted by molar-refractivity contribution is 5.88. The van der Waals surface area contributed by atoms with Gasteiger partial charge in [-0.15, -0.1) is 0 Å². The quantitative estimate of drug-likeness (QED) is 0.461. The van der Waals surface area contributed by atoms with Crippen molar-refractivity contribution in [2.75, 3.05) is 6.61 Å². The second kappa shape index (κ2) is 9.44. The van der Waals surface area contributed by atoms with Gasteiger partial charge in [0, 0.05) is 5.39 Å². The number of hydrogen-bond acceptors (Lipinski definition) is 1. The molecule has 0 unspecified atom stereocenters. The smallest absolute Gasteiger partial charge is 0.127 e. The number of benzene rings is 2. The van der Waals surface area contributed by atoms with E-state index in [0.717, 1.165) is 18.8 Å². The Morgan fingerprint density at radius 3 is 2.19 bits per heavy atom. The van der Waals surface area contributed by atoms with Gasteiger partial charge in [0.25, 0.3) is 0 Å². The maximum Gasteiger partial charge on any atom is 0.127 e. The highest BCUT2D eigenvalue weighted by Crippen LogP contribution is 2.25. The Labute approximate surface area is 129 Å².